The number of hydrogen-bond acceptors (Lipinski definition) is 5. The first kappa shape index (κ1) is 19.3. The van der Waals surface area contributed by atoms with Gasteiger partial charge in [0.1, 0.15) is 6.54 Å². The molecule has 0 bridgehead atoms. The normalized spacial score (nSPS) is 13.6. The highest BCUT2D eigenvalue weighted by molar-refractivity contribution is 8.00. The van der Waals surface area contributed by atoms with Gasteiger partial charge in [0.15, 0.2) is 0 Å². The number of anilines is 1. The minimum absolute atomic E-state index is 0.0422. The Balaban J connectivity index is 2.17. The quantitative estimate of drug-likeness (QED) is 0.796. The van der Waals surface area contributed by atoms with E-state index in [1.807, 2.05) is 25.1 Å². The second-order valence-corrected chi connectivity index (χ2v) is 7.32. The van der Waals surface area contributed by atoms with E-state index < -0.39 is 0 Å². The Hall–Kier alpha value is -2.06. The Morgan fingerprint density at radius 3 is 2.60 bits per heavy atom. The van der Waals surface area contributed by atoms with Crippen LogP contribution in [0.2, 0.25) is 0 Å². The van der Waals surface area contributed by atoms with Gasteiger partial charge in [0.25, 0.3) is 5.91 Å². The minimum Gasteiger partial charge on any atom is -0.353 e. The lowest BCUT2D eigenvalue weighted by Gasteiger charge is -2.29. The lowest BCUT2D eigenvalue weighted by Crippen LogP contribution is -2.44. The van der Waals surface area contributed by atoms with Gasteiger partial charge in [-0.3, -0.25) is 14.4 Å². The van der Waals surface area contributed by atoms with Crippen LogP contribution in [0.15, 0.2) is 23.1 Å². The predicted octanol–water partition coefficient (Wildman–Crippen LogP) is 0.505. The van der Waals surface area contributed by atoms with Gasteiger partial charge in [0, 0.05) is 37.6 Å². The Bertz CT molecular complexity index is 676. The molecule has 0 saturated heterocycles. The van der Waals surface area contributed by atoms with Crippen molar-refractivity contribution < 1.29 is 14.4 Å². The molecule has 1 aromatic rings. The van der Waals surface area contributed by atoms with Crippen molar-refractivity contribution in [3.8, 4) is 0 Å². The second kappa shape index (κ2) is 8.35. The molecule has 0 spiro atoms. The number of carbonyl (C=O) groups is 3. The Morgan fingerprint density at radius 1 is 1.24 bits per heavy atom. The fourth-order valence-corrected chi connectivity index (χ4v) is 3.30. The van der Waals surface area contributed by atoms with Crippen LogP contribution in [0.5, 0.6) is 0 Å². The number of carbonyl (C=O) groups excluding carboxylic acids is 3. The minimum atomic E-state index is -0.211. The monoisotopic (exact) mass is 364 g/mol. The number of likely N-dealkylation sites (N-methyl/N-ethyl adjacent to an activating group) is 1. The molecular formula is C17H24N4O3S. The summed E-state index contributed by atoms with van der Waals surface area (Å²) in [4.78, 5) is 42.5. The maximum absolute atomic E-state index is 12.3. The number of nitrogens with zero attached hydrogens (tertiary/aromatic N) is 3. The summed E-state index contributed by atoms with van der Waals surface area (Å²) in [5, 5.41) is 2.81. The molecule has 7 nitrogen and oxygen atoms in total. The van der Waals surface area contributed by atoms with Crippen molar-refractivity contribution in [1.82, 2.24) is 15.1 Å². The molecule has 0 saturated carbocycles. The third kappa shape index (κ3) is 4.96. The Labute approximate surface area is 152 Å². The van der Waals surface area contributed by atoms with E-state index in [4.69, 9.17) is 0 Å². The zero-order chi connectivity index (χ0) is 18.6. The van der Waals surface area contributed by atoms with Crippen LogP contribution in [-0.4, -0.2) is 81.1 Å². The number of nitrogens with one attached hydrogen (secondary N) is 1. The van der Waals surface area contributed by atoms with Crippen LogP contribution in [0.1, 0.15) is 10.4 Å². The molecule has 2 rings (SSSR count). The lowest BCUT2D eigenvalue weighted by atomic mass is 10.1. The molecule has 1 aliphatic rings. The number of hydrogen-bond donors (Lipinski definition) is 1. The van der Waals surface area contributed by atoms with E-state index in [1.165, 1.54) is 21.6 Å². The van der Waals surface area contributed by atoms with Crippen molar-refractivity contribution in [1.29, 1.82) is 0 Å². The third-order valence-corrected chi connectivity index (χ3v) is 4.79. The van der Waals surface area contributed by atoms with Crippen molar-refractivity contribution in [3.63, 3.8) is 0 Å². The molecule has 0 aliphatic carbocycles. The van der Waals surface area contributed by atoms with Crippen molar-refractivity contribution in [2.24, 2.45) is 0 Å². The van der Waals surface area contributed by atoms with Gasteiger partial charge < -0.3 is 20.0 Å². The molecule has 1 heterocycles. The first-order valence-electron chi connectivity index (χ1n) is 8.00. The summed E-state index contributed by atoms with van der Waals surface area (Å²) in [5.41, 5.74) is 1.12. The molecule has 136 valence electrons. The molecular weight excluding hydrogens is 340 g/mol. The zero-order valence-corrected chi connectivity index (χ0v) is 15.9. The van der Waals surface area contributed by atoms with E-state index in [9.17, 15) is 14.4 Å². The lowest BCUT2D eigenvalue weighted by molar-refractivity contribution is -0.123. The summed E-state index contributed by atoms with van der Waals surface area (Å²) in [7, 11) is 7.21. The van der Waals surface area contributed by atoms with Crippen molar-refractivity contribution in [2.45, 2.75) is 4.90 Å². The largest absolute Gasteiger partial charge is 0.353 e. The number of fused-ring (bicyclic) bond motifs is 1. The number of thioether (sulfide) groups is 1. The molecule has 1 aromatic carbocycles. The second-order valence-electron chi connectivity index (χ2n) is 6.30. The summed E-state index contributed by atoms with van der Waals surface area (Å²) < 4.78 is 0. The highest BCUT2D eigenvalue weighted by atomic mass is 32.2. The van der Waals surface area contributed by atoms with E-state index >= 15 is 0 Å². The van der Waals surface area contributed by atoms with Gasteiger partial charge in [-0.1, -0.05) is 0 Å². The van der Waals surface area contributed by atoms with Gasteiger partial charge in [0.2, 0.25) is 11.8 Å². The summed E-state index contributed by atoms with van der Waals surface area (Å²) in [6, 6.07) is 5.27. The van der Waals surface area contributed by atoms with Gasteiger partial charge in [-0.05, 0) is 32.3 Å². The highest BCUT2D eigenvalue weighted by Gasteiger charge is 2.27. The SMILES string of the molecule is CN(C)CCNC(=O)CN1C(=O)CSc2ccc(C(=O)N(C)C)cc21. The van der Waals surface area contributed by atoms with Crippen molar-refractivity contribution >= 4 is 35.2 Å². The van der Waals surface area contributed by atoms with E-state index in [0.717, 1.165) is 11.4 Å². The predicted molar refractivity (Wildman–Crippen MR) is 99.1 cm³/mol. The summed E-state index contributed by atoms with van der Waals surface area (Å²) in [6.07, 6.45) is 0. The van der Waals surface area contributed by atoms with E-state index in [2.05, 4.69) is 5.32 Å². The maximum Gasteiger partial charge on any atom is 0.253 e. The molecule has 0 atom stereocenters. The van der Waals surface area contributed by atoms with Crippen LogP contribution in [0, 0.1) is 0 Å². The summed E-state index contributed by atoms with van der Waals surface area (Å²) >= 11 is 1.42. The Morgan fingerprint density at radius 2 is 1.96 bits per heavy atom. The van der Waals surface area contributed by atoms with Crippen LogP contribution in [0.25, 0.3) is 0 Å². The number of benzene rings is 1. The van der Waals surface area contributed by atoms with E-state index in [0.29, 0.717) is 23.5 Å². The van der Waals surface area contributed by atoms with Crippen LogP contribution in [0.4, 0.5) is 5.69 Å². The molecule has 0 unspecified atom stereocenters. The first-order chi connectivity index (χ1) is 11.8. The van der Waals surface area contributed by atoms with Gasteiger partial charge in [0.05, 0.1) is 11.4 Å². The van der Waals surface area contributed by atoms with Crippen LogP contribution < -0.4 is 10.2 Å². The van der Waals surface area contributed by atoms with Gasteiger partial charge >= 0.3 is 0 Å². The molecule has 1 aliphatic heterocycles. The zero-order valence-electron chi connectivity index (χ0n) is 15.0. The van der Waals surface area contributed by atoms with Crippen molar-refractivity contribution in [2.75, 3.05) is 58.5 Å². The molecule has 0 fully saturated rings. The van der Waals surface area contributed by atoms with E-state index in [1.54, 1.807) is 26.2 Å². The van der Waals surface area contributed by atoms with Gasteiger partial charge in [-0.25, -0.2) is 0 Å². The fourth-order valence-electron chi connectivity index (χ4n) is 2.39. The topological polar surface area (TPSA) is 73.0 Å². The third-order valence-electron chi connectivity index (χ3n) is 3.74. The molecule has 1 N–H and O–H groups in total. The van der Waals surface area contributed by atoms with Gasteiger partial charge in [-0.15, -0.1) is 11.8 Å². The average Bonchev–Trinajstić information content (AvgIpc) is 2.56. The summed E-state index contributed by atoms with van der Waals surface area (Å²) in [5.74, 6) is -0.188. The van der Waals surface area contributed by atoms with Crippen LogP contribution in [-0.2, 0) is 9.59 Å². The standard InChI is InChI=1S/C17H24N4O3S/c1-19(2)8-7-18-15(22)10-21-13-9-12(17(24)20(3)4)5-6-14(13)25-11-16(21)23/h5-6,9H,7-8,10-11H2,1-4H3,(H,18,22). The van der Waals surface area contributed by atoms with Crippen LogP contribution in [0.3, 0.4) is 0 Å². The molecule has 3 amide bonds. The fraction of sp³-hybridized carbons (Fsp3) is 0.471. The number of amides is 3. The van der Waals surface area contributed by atoms with Gasteiger partial charge in [-0.2, -0.15) is 0 Å². The molecule has 0 radical (unpaired) electrons. The van der Waals surface area contributed by atoms with Crippen molar-refractivity contribution in [3.05, 3.63) is 23.8 Å². The first-order valence-corrected chi connectivity index (χ1v) is 8.98. The molecule has 25 heavy (non-hydrogen) atoms. The highest BCUT2D eigenvalue weighted by Crippen LogP contribution is 2.36. The van der Waals surface area contributed by atoms with E-state index in [-0.39, 0.29) is 24.3 Å². The molecule has 8 heteroatoms. The summed E-state index contributed by atoms with van der Waals surface area (Å²) in [6.45, 7) is 1.21. The molecule has 0 aromatic heterocycles. The van der Waals surface area contributed by atoms with Crippen LogP contribution >= 0.6 is 11.8 Å². The number of rotatable bonds is 6. The average molecular weight is 364 g/mol. The Kier molecular flexibility index (Phi) is 6.44. The smallest absolute Gasteiger partial charge is 0.253 e. The maximum atomic E-state index is 12.3.